The first-order valence-corrected chi connectivity index (χ1v) is 9.24. The fourth-order valence-electron chi connectivity index (χ4n) is 3.55. The average molecular weight is 353 g/mol. The predicted octanol–water partition coefficient (Wildman–Crippen LogP) is 3.44. The van der Waals surface area contributed by atoms with Gasteiger partial charge in [0.15, 0.2) is 0 Å². The number of carbonyl (C=O) groups is 1. The first-order valence-electron chi connectivity index (χ1n) is 8.86. The van der Waals surface area contributed by atoms with Gasteiger partial charge in [0.2, 0.25) is 5.91 Å². The van der Waals surface area contributed by atoms with E-state index in [4.69, 9.17) is 11.6 Å². The zero-order valence-corrected chi connectivity index (χ0v) is 15.4. The Morgan fingerprint density at radius 1 is 1.33 bits per heavy atom. The van der Waals surface area contributed by atoms with E-state index in [1.54, 1.807) is 0 Å². The van der Waals surface area contributed by atoms with Crippen molar-refractivity contribution in [3.63, 3.8) is 0 Å². The first-order chi connectivity index (χ1) is 11.5. The van der Waals surface area contributed by atoms with E-state index < -0.39 is 5.54 Å². The van der Waals surface area contributed by atoms with Crippen molar-refractivity contribution in [3.8, 4) is 0 Å². The van der Waals surface area contributed by atoms with Crippen LogP contribution in [0.25, 0.3) is 0 Å². The smallest absolute Gasteiger partial charge is 0.234 e. The van der Waals surface area contributed by atoms with Gasteiger partial charge >= 0.3 is 0 Å². The van der Waals surface area contributed by atoms with Gasteiger partial charge in [0.1, 0.15) is 0 Å². The molecule has 1 saturated carbocycles. The molecule has 1 aliphatic carbocycles. The van der Waals surface area contributed by atoms with E-state index in [0.29, 0.717) is 10.9 Å². The molecule has 0 bridgehead atoms. The Morgan fingerprint density at radius 3 is 2.62 bits per heavy atom. The summed E-state index contributed by atoms with van der Waals surface area (Å²) in [5.41, 5.74) is 0.510. The molecule has 24 heavy (non-hydrogen) atoms. The number of hydrogen-bond donors (Lipinski definition) is 3. The van der Waals surface area contributed by atoms with Gasteiger partial charge in [-0.25, -0.2) is 0 Å². The highest BCUT2D eigenvalue weighted by atomic mass is 35.5. The van der Waals surface area contributed by atoms with E-state index >= 15 is 0 Å². The van der Waals surface area contributed by atoms with Crippen molar-refractivity contribution in [2.75, 3.05) is 13.2 Å². The van der Waals surface area contributed by atoms with Crippen LogP contribution < -0.4 is 10.6 Å². The van der Waals surface area contributed by atoms with Gasteiger partial charge in [-0.05, 0) is 44.2 Å². The van der Waals surface area contributed by atoms with Crippen molar-refractivity contribution in [3.05, 3.63) is 34.9 Å². The molecular weight excluding hydrogens is 324 g/mol. The molecule has 0 radical (unpaired) electrons. The maximum absolute atomic E-state index is 12.3. The van der Waals surface area contributed by atoms with Crippen LogP contribution >= 0.6 is 11.6 Å². The topological polar surface area (TPSA) is 61.4 Å². The standard InChI is InChI=1S/C19H29ClN2O2/c1-14(16-10-6-7-11-17(16)20)22-18(24)12-21-19(2,13-23)15-8-4-3-5-9-15/h6-7,10-11,14-15,21,23H,3-5,8-9,12-13H2,1-2H3,(H,22,24)/t14-,19-/m1/s1. The summed E-state index contributed by atoms with van der Waals surface area (Å²) < 4.78 is 0. The molecule has 0 saturated heterocycles. The lowest BCUT2D eigenvalue weighted by Crippen LogP contribution is -2.55. The lowest BCUT2D eigenvalue weighted by Gasteiger charge is -2.39. The van der Waals surface area contributed by atoms with Crippen LogP contribution in [-0.4, -0.2) is 29.7 Å². The molecular formula is C19H29ClN2O2. The van der Waals surface area contributed by atoms with Gasteiger partial charge in [0.05, 0.1) is 19.2 Å². The molecule has 4 nitrogen and oxygen atoms in total. The molecule has 3 N–H and O–H groups in total. The molecule has 0 heterocycles. The molecule has 134 valence electrons. The second-order valence-corrected chi connectivity index (χ2v) is 7.48. The predicted molar refractivity (Wildman–Crippen MR) is 98.1 cm³/mol. The molecule has 1 fully saturated rings. The third-order valence-corrected chi connectivity index (χ3v) is 5.58. The summed E-state index contributed by atoms with van der Waals surface area (Å²) in [5, 5.41) is 16.7. The summed E-state index contributed by atoms with van der Waals surface area (Å²) >= 11 is 6.18. The Hall–Kier alpha value is -1.10. The molecule has 0 aromatic heterocycles. The second kappa shape index (κ2) is 8.84. The highest BCUT2D eigenvalue weighted by Gasteiger charge is 2.34. The van der Waals surface area contributed by atoms with Crippen LogP contribution in [0.5, 0.6) is 0 Å². The van der Waals surface area contributed by atoms with E-state index in [-0.39, 0.29) is 25.1 Å². The first kappa shape index (κ1) is 19.2. The normalized spacial score (nSPS) is 19.5. The molecule has 1 amide bonds. The molecule has 0 aliphatic heterocycles. The number of aliphatic hydroxyl groups excluding tert-OH is 1. The molecule has 2 atom stereocenters. The molecule has 1 aromatic carbocycles. The van der Waals surface area contributed by atoms with Gasteiger partial charge < -0.3 is 15.7 Å². The van der Waals surface area contributed by atoms with Crippen molar-refractivity contribution >= 4 is 17.5 Å². The summed E-state index contributed by atoms with van der Waals surface area (Å²) in [6.07, 6.45) is 5.91. The zero-order valence-electron chi connectivity index (χ0n) is 14.6. The van der Waals surface area contributed by atoms with E-state index in [1.165, 1.54) is 19.3 Å². The summed E-state index contributed by atoms with van der Waals surface area (Å²) in [6, 6.07) is 7.37. The SMILES string of the molecule is C[C@@H](NC(=O)CN[C@](C)(CO)C1CCCCC1)c1ccccc1Cl. The molecule has 2 rings (SSSR count). The lowest BCUT2D eigenvalue weighted by atomic mass is 9.76. The largest absolute Gasteiger partial charge is 0.394 e. The van der Waals surface area contributed by atoms with Gasteiger partial charge in [-0.15, -0.1) is 0 Å². The van der Waals surface area contributed by atoms with E-state index in [9.17, 15) is 9.90 Å². The van der Waals surface area contributed by atoms with Gasteiger partial charge in [-0.3, -0.25) is 4.79 Å². The van der Waals surface area contributed by atoms with Crippen molar-refractivity contribution in [2.24, 2.45) is 5.92 Å². The minimum atomic E-state index is -0.397. The van der Waals surface area contributed by atoms with Crippen LogP contribution in [0, 0.1) is 5.92 Å². The van der Waals surface area contributed by atoms with Crippen molar-refractivity contribution < 1.29 is 9.90 Å². The Kier molecular flexibility index (Phi) is 7.08. The minimum absolute atomic E-state index is 0.0466. The fraction of sp³-hybridized carbons (Fsp3) is 0.632. The quantitative estimate of drug-likeness (QED) is 0.704. The maximum atomic E-state index is 12.3. The number of carbonyl (C=O) groups excluding carboxylic acids is 1. The zero-order chi connectivity index (χ0) is 17.6. The van der Waals surface area contributed by atoms with E-state index in [1.807, 2.05) is 38.1 Å². The van der Waals surface area contributed by atoms with Crippen LogP contribution in [0.1, 0.15) is 57.6 Å². The fourth-order valence-corrected chi connectivity index (χ4v) is 3.85. The second-order valence-electron chi connectivity index (χ2n) is 7.07. The summed E-state index contributed by atoms with van der Waals surface area (Å²) in [5.74, 6) is 0.336. The molecule has 5 heteroatoms. The number of halogens is 1. The van der Waals surface area contributed by atoms with Crippen molar-refractivity contribution in [2.45, 2.75) is 57.5 Å². The number of nitrogens with one attached hydrogen (secondary N) is 2. The van der Waals surface area contributed by atoms with Gasteiger partial charge in [-0.2, -0.15) is 0 Å². The number of hydrogen-bond acceptors (Lipinski definition) is 3. The van der Waals surface area contributed by atoms with Crippen LogP contribution in [0.15, 0.2) is 24.3 Å². The average Bonchev–Trinajstić information content (AvgIpc) is 2.60. The molecule has 1 aliphatic rings. The van der Waals surface area contributed by atoms with E-state index in [2.05, 4.69) is 10.6 Å². The van der Waals surface area contributed by atoms with Crippen molar-refractivity contribution in [1.29, 1.82) is 0 Å². The number of benzene rings is 1. The Labute approximate surface area is 150 Å². The summed E-state index contributed by atoms with van der Waals surface area (Å²) in [4.78, 5) is 12.3. The monoisotopic (exact) mass is 352 g/mol. The van der Waals surface area contributed by atoms with E-state index in [0.717, 1.165) is 18.4 Å². The van der Waals surface area contributed by atoms with Crippen LogP contribution in [0.2, 0.25) is 5.02 Å². The Balaban J connectivity index is 1.88. The number of rotatable bonds is 7. The van der Waals surface area contributed by atoms with Crippen LogP contribution in [0.4, 0.5) is 0 Å². The highest BCUT2D eigenvalue weighted by molar-refractivity contribution is 6.31. The highest BCUT2D eigenvalue weighted by Crippen LogP contribution is 2.32. The van der Waals surface area contributed by atoms with Crippen LogP contribution in [0.3, 0.4) is 0 Å². The maximum Gasteiger partial charge on any atom is 0.234 e. The number of amides is 1. The molecule has 0 spiro atoms. The lowest BCUT2D eigenvalue weighted by molar-refractivity contribution is -0.121. The third kappa shape index (κ3) is 4.95. The Morgan fingerprint density at radius 2 is 2.00 bits per heavy atom. The third-order valence-electron chi connectivity index (χ3n) is 5.24. The Bertz CT molecular complexity index is 546. The molecule has 1 aromatic rings. The van der Waals surface area contributed by atoms with Gasteiger partial charge in [0, 0.05) is 10.6 Å². The number of aliphatic hydroxyl groups is 1. The van der Waals surface area contributed by atoms with Crippen molar-refractivity contribution in [1.82, 2.24) is 10.6 Å². The van der Waals surface area contributed by atoms with Gasteiger partial charge in [0.25, 0.3) is 0 Å². The van der Waals surface area contributed by atoms with Gasteiger partial charge in [-0.1, -0.05) is 49.1 Å². The van der Waals surface area contributed by atoms with Crippen LogP contribution in [-0.2, 0) is 4.79 Å². The summed E-state index contributed by atoms with van der Waals surface area (Å²) in [7, 11) is 0. The molecule has 0 unspecified atom stereocenters. The summed E-state index contributed by atoms with van der Waals surface area (Å²) in [6.45, 7) is 4.19. The minimum Gasteiger partial charge on any atom is -0.394 e.